The summed E-state index contributed by atoms with van der Waals surface area (Å²) in [6.45, 7) is 7.20. The second-order valence-electron chi connectivity index (χ2n) is 9.35. The average Bonchev–Trinajstić information content (AvgIpc) is 2.70. The zero-order valence-corrected chi connectivity index (χ0v) is 14.4. The zero-order chi connectivity index (χ0) is 15.7. The molecule has 2 heteroatoms. The summed E-state index contributed by atoms with van der Waals surface area (Å²) in [5, 5.41) is 20.7. The third-order valence-electron chi connectivity index (χ3n) is 8.34. The van der Waals surface area contributed by atoms with Crippen LogP contribution in [0.3, 0.4) is 0 Å². The molecule has 3 unspecified atom stereocenters. The molecule has 22 heavy (non-hydrogen) atoms. The Balaban J connectivity index is 1.70. The van der Waals surface area contributed by atoms with Gasteiger partial charge in [-0.3, -0.25) is 0 Å². The molecule has 0 aromatic carbocycles. The molecular formula is C20H32O2. The van der Waals surface area contributed by atoms with E-state index in [1.54, 1.807) is 5.57 Å². The largest absolute Gasteiger partial charge is 0.393 e. The molecule has 0 spiro atoms. The minimum atomic E-state index is -0.114. The van der Waals surface area contributed by atoms with E-state index in [9.17, 15) is 10.2 Å². The van der Waals surface area contributed by atoms with E-state index in [1.807, 2.05) is 0 Å². The van der Waals surface area contributed by atoms with E-state index >= 15 is 0 Å². The van der Waals surface area contributed by atoms with Crippen LogP contribution in [0.2, 0.25) is 0 Å². The van der Waals surface area contributed by atoms with E-state index in [0.29, 0.717) is 17.3 Å². The summed E-state index contributed by atoms with van der Waals surface area (Å²) in [6, 6.07) is 0. The summed E-state index contributed by atoms with van der Waals surface area (Å²) in [6.07, 6.45) is 9.93. The van der Waals surface area contributed by atoms with Crippen molar-refractivity contribution in [2.75, 3.05) is 0 Å². The molecular weight excluding hydrogens is 272 g/mol. The number of rotatable bonds is 0. The van der Waals surface area contributed by atoms with Crippen molar-refractivity contribution in [3.63, 3.8) is 0 Å². The highest BCUT2D eigenvalue weighted by atomic mass is 16.3. The summed E-state index contributed by atoms with van der Waals surface area (Å²) in [5.74, 6) is 2.85. The summed E-state index contributed by atoms with van der Waals surface area (Å²) in [5.41, 5.74) is 2.01. The molecule has 124 valence electrons. The number of allylic oxidation sites excluding steroid dienone is 1. The Hall–Kier alpha value is -0.340. The maximum absolute atomic E-state index is 10.6. The molecule has 0 amide bonds. The van der Waals surface area contributed by atoms with Crippen LogP contribution in [0.5, 0.6) is 0 Å². The third kappa shape index (κ3) is 1.86. The van der Waals surface area contributed by atoms with Crippen molar-refractivity contribution in [2.24, 2.45) is 34.5 Å². The van der Waals surface area contributed by atoms with Gasteiger partial charge in [-0.25, -0.2) is 0 Å². The van der Waals surface area contributed by atoms with Gasteiger partial charge >= 0.3 is 0 Å². The first kappa shape index (κ1) is 15.2. The highest BCUT2D eigenvalue weighted by Crippen LogP contribution is 2.65. The summed E-state index contributed by atoms with van der Waals surface area (Å²) >= 11 is 0. The van der Waals surface area contributed by atoms with E-state index in [0.717, 1.165) is 37.5 Å². The number of hydrogen-bond donors (Lipinski definition) is 2. The van der Waals surface area contributed by atoms with Gasteiger partial charge in [0, 0.05) is 0 Å². The molecule has 4 aliphatic rings. The van der Waals surface area contributed by atoms with Crippen LogP contribution in [0.4, 0.5) is 0 Å². The second-order valence-corrected chi connectivity index (χ2v) is 9.35. The number of fused-ring (bicyclic) bond motifs is 5. The molecule has 0 radical (unpaired) electrons. The molecule has 0 heterocycles. The van der Waals surface area contributed by atoms with Gasteiger partial charge < -0.3 is 10.2 Å². The van der Waals surface area contributed by atoms with Crippen LogP contribution in [0.25, 0.3) is 0 Å². The number of hydrogen-bond acceptors (Lipinski definition) is 2. The van der Waals surface area contributed by atoms with Crippen molar-refractivity contribution in [3.05, 3.63) is 11.6 Å². The average molecular weight is 304 g/mol. The molecule has 8 atom stereocenters. The number of aliphatic hydroxyl groups is 2. The smallest absolute Gasteiger partial charge is 0.0599 e. The highest BCUT2D eigenvalue weighted by Gasteiger charge is 2.60. The Bertz CT molecular complexity index is 498. The van der Waals surface area contributed by atoms with Crippen molar-refractivity contribution in [2.45, 2.75) is 77.9 Å². The van der Waals surface area contributed by atoms with Gasteiger partial charge in [-0.1, -0.05) is 32.4 Å². The minimum Gasteiger partial charge on any atom is -0.393 e. The van der Waals surface area contributed by atoms with Crippen molar-refractivity contribution in [3.8, 4) is 0 Å². The molecule has 3 saturated carbocycles. The van der Waals surface area contributed by atoms with Gasteiger partial charge in [0.1, 0.15) is 0 Å². The summed E-state index contributed by atoms with van der Waals surface area (Å²) in [7, 11) is 0. The first-order valence-electron chi connectivity index (χ1n) is 9.42. The predicted molar refractivity (Wildman–Crippen MR) is 88.3 cm³/mol. The normalized spacial score (nSPS) is 57.6. The Labute approximate surface area is 135 Å². The first-order valence-corrected chi connectivity index (χ1v) is 9.42. The van der Waals surface area contributed by atoms with Crippen LogP contribution in [-0.4, -0.2) is 22.4 Å². The molecule has 4 aliphatic carbocycles. The van der Waals surface area contributed by atoms with Crippen LogP contribution in [0.15, 0.2) is 11.6 Å². The maximum atomic E-state index is 10.6. The van der Waals surface area contributed by atoms with Gasteiger partial charge in [0.25, 0.3) is 0 Å². The van der Waals surface area contributed by atoms with Crippen molar-refractivity contribution in [1.29, 1.82) is 0 Å². The SMILES string of the molecule is CC1CC(O)[C@@]2(C)CC[C@@H]3[C@@H](CC=C4CC(O)CC[C@@]43C)[C@H]12. The van der Waals surface area contributed by atoms with Crippen LogP contribution in [-0.2, 0) is 0 Å². The quantitative estimate of drug-likeness (QED) is 0.666. The summed E-state index contributed by atoms with van der Waals surface area (Å²) in [4.78, 5) is 0. The lowest BCUT2D eigenvalue weighted by atomic mass is 9.47. The second kappa shape index (κ2) is 4.83. The Morgan fingerprint density at radius 2 is 1.91 bits per heavy atom. The molecule has 4 rings (SSSR count). The topological polar surface area (TPSA) is 40.5 Å². The Kier molecular flexibility index (Phi) is 3.34. The Morgan fingerprint density at radius 1 is 1.14 bits per heavy atom. The minimum absolute atomic E-state index is 0.0974. The fourth-order valence-electron chi connectivity index (χ4n) is 7.15. The van der Waals surface area contributed by atoms with Gasteiger partial charge in [-0.15, -0.1) is 0 Å². The molecule has 0 saturated heterocycles. The van der Waals surface area contributed by atoms with Crippen molar-refractivity contribution in [1.82, 2.24) is 0 Å². The third-order valence-corrected chi connectivity index (χ3v) is 8.34. The van der Waals surface area contributed by atoms with Gasteiger partial charge in [0.15, 0.2) is 0 Å². The Morgan fingerprint density at radius 3 is 2.68 bits per heavy atom. The van der Waals surface area contributed by atoms with E-state index in [2.05, 4.69) is 26.8 Å². The van der Waals surface area contributed by atoms with Crippen LogP contribution < -0.4 is 0 Å². The first-order chi connectivity index (χ1) is 10.4. The zero-order valence-electron chi connectivity index (χ0n) is 14.4. The van der Waals surface area contributed by atoms with Gasteiger partial charge in [0.05, 0.1) is 12.2 Å². The van der Waals surface area contributed by atoms with E-state index in [4.69, 9.17) is 0 Å². The van der Waals surface area contributed by atoms with Gasteiger partial charge in [-0.05, 0) is 79.4 Å². The molecule has 0 aromatic heterocycles. The molecule has 0 aromatic rings. The fraction of sp³-hybridized carbons (Fsp3) is 0.900. The lowest BCUT2D eigenvalue weighted by Crippen LogP contribution is -2.51. The standard InChI is InChI=1S/C20H32O2/c1-12-10-17(22)20(3)9-7-16-15(18(12)20)5-4-13-11-14(21)6-8-19(13,16)2/h4,12,14-18,21-22H,5-11H2,1-3H3/t12?,14?,15-,16-,17?,18+,19+,20-/m1/s1. The molecule has 0 bridgehead atoms. The molecule has 3 fully saturated rings. The molecule has 2 N–H and O–H groups in total. The monoisotopic (exact) mass is 304 g/mol. The summed E-state index contributed by atoms with van der Waals surface area (Å²) < 4.78 is 0. The lowest BCUT2D eigenvalue weighted by molar-refractivity contribution is -0.0777. The molecule has 2 nitrogen and oxygen atoms in total. The predicted octanol–water partition coefficient (Wildman–Crippen LogP) is 3.92. The van der Waals surface area contributed by atoms with Gasteiger partial charge in [0.2, 0.25) is 0 Å². The van der Waals surface area contributed by atoms with Crippen LogP contribution >= 0.6 is 0 Å². The maximum Gasteiger partial charge on any atom is 0.0599 e. The number of aliphatic hydroxyl groups excluding tert-OH is 2. The fourth-order valence-corrected chi connectivity index (χ4v) is 7.15. The van der Waals surface area contributed by atoms with E-state index in [-0.39, 0.29) is 17.6 Å². The van der Waals surface area contributed by atoms with Crippen LogP contribution in [0.1, 0.15) is 65.7 Å². The lowest BCUT2D eigenvalue weighted by Gasteiger charge is -2.58. The van der Waals surface area contributed by atoms with Crippen molar-refractivity contribution >= 4 is 0 Å². The van der Waals surface area contributed by atoms with E-state index in [1.165, 1.54) is 19.3 Å². The molecule has 0 aliphatic heterocycles. The van der Waals surface area contributed by atoms with Crippen LogP contribution in [0, 0.1) is 34.5 Å². The highest BCUT2D eigenvalue weighted by molar-refractivity contribution is 5.25. The van der Waals surface area contributed by atoms with Gasteiger partial charge in [-0.2, -0.15) is 0 Å². The van der Waals surface area contributed by atoms with E-state index < -0.39 is 0 Å². The van der Waals surface area contributed by atoms with Crippen molar-refractivity contribution < 1.29 is 10.2 Å².